The molecule has 0 spiro atoms. The van der Waals surface area contributed by atoms with E-state index in [0.717, 1.165) is 12.8 Å². The quantitative estimate of drug-likeness (QED) is 0.418. The van der Waals surface area contributed by atoms with Crippen molar-refractivity contribution < 1.29 is 19.4 Å². The molecule has 0 saturated heterocycles. The summed E-state index contributed by atoms with van der Waals surface area (Å²) < 4.78 is 10.0. The minimum atomic E-state index is -0.839. The van der Waals surface area contributed by atoms with Crippen LogP contribution in [0, 0.1) is 0 Å². The van der Waals surface area contributed by atoms with Gasteiger partial charge in [0.2, 0.25) is 0 Å². The van der Waals surface area contributed by atoms with Gasteiger partial charge in [0.1, 0.15) is 5.60 Å². The third-order valence-corrected chi connectivity index (χ3v) is 1.85. The molecule has 1 atom stereocenters. The smallest absolute Gasteiger partial charge is 0.407 e. The highest BCUT2D eigenvalue weighted by Crippen LogP contribution is 2.06. The van der Waals surface area contributed by atoms with Crippen molar-refractivity contribution in [2.75, 3.05) is 13.2 Å². The van der Waals surface area contributed by atoms with E-state index in [-0.39, 0.29) is 0 Å². The monoisotopic (exact) mass is 259 g/mol. The first-order chi connectivity index (χ1) is 8.35. The first-order valence-electron chi connectivity index (χ1n) is 6.28. The van der Waals surface area contributed by atoms with Crippen molar-refractivity contribution >= 4 is 6.09 Å². The predicted octanol–water partition coefficient (Wildman–Crippen LogP) is 2.20. The van der Waals surface area contributed by atoms with E-state index >= 15 is 0 Å². The molecule has 106 valence electrons. The van der Waals surface area contributed by atoms with Crippen LogP contribution in [-0.2, 0) is 9.47 Å². The number of aliphatic hydroxyl groups is 1. The molecule has 18 heavy (non-hydrogen) atoms. The highest BCUT2D eigenvalue weighted by molar-refractivity contribution is 5.67. The molecule has 0 aliphatic carbocycles. The summed E-state index contributed by atoms with van der Waals surface area (Å²) in [5.74, 6) is 0. The number of unbranched alkanes of at least 4 members (excludes halogenated alkanes) is 1. The number of amides is 1. The molecule has 0 rings (SSSR count). The lowest BCUT2D eigenvalue weighted by Crippen LogP contribution is -2.32. The molecule has 1 unspecified atom stereocenters. The number of carbonyl (C=O) groups is 1. The molecule has 0 saturated carbocycles. The first kappa shape index (κ1) is 16.9. The zero-order valence-electron chi connectivity index (χ0n) is 11.7. The maximum atomic E-state index is 11.3. The van der Waals surface area contributed by atoms with Crippen molar-refractivity contribution in [1.82, 2.24) is 5.32 Å². The van der Waals surface area contributed by atoms with Gasteiger partial charge in [-0.1, -0.05) is 6.08 Å². The molecule has 0 aromatic heterocycles. The second kappa shape index (κ2) is 8.94. The minimum Gasteiger partial charge on any atom is -0.444 e. The Morgan fingerprint density at radius 2 is 2.11 bits per heavy atom. The molecular formula is C13H25NO4. The summed E-state index contributed by atoms with van der Waals surface area (Å²) in [6.45, 7) is 8.32. The molecule has 5 heteroatoms. The van der Waals surface area contributed by atoms with Crippen LogP contribution in [0.5, 0.6) is 0 Å². The molecule has 0 heterocycles. The average Bonchev–Trinajstić information content (AvgIpc) is 2.21. The van der Waals surface area contributed by atoms with Crippen molar-refractivity contribution in [1.29, 1.82) is 0 Å². The van der Waals surface area contributed by atoms with Crippen LogP contribution < -0.4 is 5.32 Å². The highest BCUT2D eigenvalue weighted by Gasteiger charge is 2.15. The van der Waals surface area contributed by atoms with Gasteiger partial charge in [-0.15, -0.1) is 0 Å². The maximum Gasteiger partial charge on any atom is 0.407 e. The second-order valence-corrected chi connectivity index (χ2v) is 4.84. The van der Waals surface area contributed by atoms with E-state index in [9.17, 15) is 9.90 Å². The van der Waals surface area contributed by atoms with Crippen molar-refractivity contribution in [2.45, 2.75) is 52.4 Å². The van der Waals surface area contributed by atoms with Crippen molar-refractivity contribution in [2.24, 2.45) is 0 Å². The molecule has 0 aliphatic rings. The van der Waals surface area contributed by atoms with Gasteiger partial charge < -0.3 is 19.9 Å². The fraction of sp³-hybridized carbons (Fsp3) is 0.769. The Bertz CT molecular complexity index is 258. The summed E-state index contributed by atoms with van der Waals surface area (Å²) in [6.07, 6.45) is 3.73. The lowest BCUT2D eigenvalue weighted by atomic mass is 10.2. The zero-order valence-corrected chi connectivity index (χ0v) is 11.7. The summed E-state index contributed by atoms with van der Waals surface area (Å²) in [5.41, 5.74) is -0.467. The van der Waals surface area contributed by atoms with Gasteiger partial charge in [0.15, 0.2) is 6.29 Å². The number of allylic oxidation sites excluding steroid dienone is 1. The third kappa shape index (κ3) is 11.4. The summed E-state index contributed by atoms with van der Waals surface area (Å²) in [5, 5.41) is 11.9. The molecule has 0 radical (unpaired) electrons. The van der Waals surface area contributed by atoms with E-state index in [1.807, 2.05) is 33.8 Å². The van der Waals surface area contributed by atoms with Gasteiger partial charge in [0.25, 0.3) is 0 Å². The Morgan fingerprint density at radius 3 is 2.67 bits per heavy atom. The molecule has 0 aromatic carbocycles. The summed E-state index contributed by atoms with van der Waals surface area (Å²) in [7, 11) is 0. The minimum absolute atomic E-state index is 0.402. The van der Waals surface area contributed by atoms with Crippen molar-refractivity contribution in [3.8, 4) is 0 Å². The zero-order chi connectivity index (χ0) is 14.0. The number of ether oxygens (including phenoxy) is 2. The number of hydrogen-bond donors (Lipinski definition) is 2. The second-order valence-electron chi connectivity index (χ2n) is 4.84. The van der Waals surface area contributed by atoms with Crippen LogP contribution in [0.15, 0.2) is 12.2 Å². The normalized spacial score (nSPS) is 13.6. The van der Waals surface area contributed by atoms with Gasteiger partial charge in [-0.05, 0) is 46.6 Å². The van der Waals surface area contributed by atoms with E-state index in [2.05, 4.69) is 5.32 Å². The van der Waals surface area contributed by atoms with E-state index in [1.54, 1.807) is 6.08 Å². The Balaban J connectivity index is 3.54. The lowest BCUT2D eigenvalue weighted by Gasteiger charge is -2.19. The number of nitrogens with one attached hydrogen (secondary N) is 1. The first-order valence-corrected chi connectivity index (χ1v) is 6.28. The maximum absolute atomic E-state index is 11.3. The number of hydrogen-bond acceptors (Lipinski definition) is 4. The SMILES string of the molecule is CCOC(O)/C=C/CCCNC(=O)OC(C)(C)C. The highest BCUT2D eigenvalue weighted by atomic mass is 16.6. The number of rotatable bonds is 7. The van der Waals surface area contributed by atoms with Gasteiger partial charge in [-0.25, -0.2) is 4.79 Å². The van der Waals surface area contributed by atoms with Crippen molar-refractivity contribution in [3.63, 3.8) is 0 Å². The summed E-state index contributed by atoms with van der Waals surface area (Å²) >= 11 is 0. The summed E-state index contributed by atoms with van der Waals surface area (Å²) in [6, 6.07) is 0. The topological polar surface area (TPSA) is 67.8 Å². The molecule has 2 N–H and O–H groups in total. The lowest BCUT2D eigenvalue weighted by molar-refractivity contribution is -0.0588. The van der Waals surface area contributed by atoms with Crippen LogP contribution in [0.2, 0.25) is 0 Å². The number of alkyl carbamates (subject to hydrolysis) is 1. The Labute approximate surface area is 109 Å². The molecule has 0 fully saturated rings. The van der Waals surface area contributed by atoms with Gasteiger partial charge in [0.05, 0.1) is 0 Å². The van der Waals surface area contributed by atoms with E-state index < -0.39 is 18.0 Å². The Kier molecular flexibility index (Phi) is 8.41. The van der Waals surface area contributed by atoms with Gasteiger partial charge >= 0.3 is 6.09 Å². The molecule has 5 nitrogen and oxygen atoms in total. The predicted molar refractivity (Wildman–Crippen MR) is 70.2 cm³/mol. The molecule has 0 bridgehead atoms. The van der Waals surface area contributed by atoms with Crippen LogP contribution in [0.3, 0.4) is 0 Å². The average molecular weight is 259 g/mol. The van der Waals surface area contributed by atoms with E-state index in [1.165, 1.54) is 0 Å². The fourth-order valence-corrected chi connectivity index (χ4v) is 1.16. The van der Waals surface area contributed by atoms with E-state index in [4.69, 9.17) is 9.47 Å². The van der Waals surface area contributed by atoms with Gasteiger partial charge in [0, 0.05) is 13.2 Å². The molecule has 0 aliphatic heterocycles. The Morgan fingerprint density at radius 1 is 1.44 bits per heavy atom. The molecular weight excluding hydrogens is 234 g/mol. The molecule has 0 aromatic rings. The summed E-state index contributed by atoms with van der Waals surface area (Å²) in [4.78, 5) is 11.3. The standard InChI is InChI=1S/C13H25NO4/c1-5-17-11(15)9-7-6-8-10-14-12(16)18-13(2,3)4/h7,9,11,15H,5-6,8,10H2,1-4H3,(H,14,16)/b9-7+. The van der Waals surface area contributed by atoms with Gasteiger partial charge in [-0.2, -0.15) is 0 Å². The largest absolute Gasteiger partial charge is 0.444 e. The molecule has 1 amide bonds. The number of aliphatic hydroxyl groups excluding tert-OH is 1. The van der Waals surface area contributed by atoms with Crippen LogP contribution >= 0.6 is 0 Å². The van der Waals surface area contributed by atoms with E-state index in [0.29, 0.717) is 13.2 Å². The van der Waals surface area contributed by atoms with Crippen molar-refractivity contribution in [3.05, 3.63) is 12.2 Å². The Hall–Kier alpha value is -1.07. The fourth-order valence-electron chi connectivity index (χ4n) is 1.16. The van der Waals surface area contributed by atoms with Crippen LogP contribution in [-0.4, -0.2) is 36.2 Å². The number of carbonyl (C=O) groups excluding carboxylic acids is 1. The third-order valence-electron chi connectivity index (χ3n) is 1.85. The van der Waals surface area contributed by atoms with Crippen LogP contribution in [0.25, 0.3) is 0 Å². The van der Waals surface area contributed by atoms with Crippen LogP contribution in [0.4, 0.5) is 4.79 Å². The van der Waals surface area contributed by atoms with Crippen LogP contribution in [0.1, 0.15) is 40.5 Å². The van der Waals surface area contributed by atoms with Gasteiger partial charge in [-0.3, -0.25) is 0 Å².